The van der Waals surface area contributed by atoms with E-state index in [1.165, 1.54) is 0 Å². The monoisotopic (exact) mass is 332 g/mol. The number of fused-ring (bicyclic) bond motifs is 1. The van der Waals surface area contributed by atoms with Crippen LogP contribution < -0.4 is 15.4 Å². The third kappa shape index (κ3) is 4.01. The fourth-order valence-corrected chi connectivity index (χ4v) is 3.32. The zero-order valence-electron chi connectivity index (χ0n) is 11.8. The first-order valence-corrected chi connectivity index (χ1v) is 8.74. The lowest BCUT2D eigenvalue weighted by Crippen LogP contribution is -2.28. The van der Waals surface area contributed by atoms with Crippen LogP contribution in [0.15, 0.2) is 12.1 Å². The van der Waals surface area contributed by atoms with E-state index in [0.717, 1.165) is 0 Å². The van der Waals surface area contributed by atoms with Crippen LogP contribution in [0.1, 0.15) is 13.8 Å². The number of nitrogens with one attached hydrogen (secondary N) is 2. The van der Waals surface area contributed by atoms with Crippen molar-refractivity contribution < 1.29 is 17.9 Å². The minimum atomic E-state index is -3.07. The molecule has 1 aromatic rings. The zero-order chi connectivity index (χ0) is 15.6. The van der Waals surface area contributed by atoms with Crippen molar-refractivity contribution in [3.63, 3.8) is 0 Å². The third-order valence-electron chi connectivity index (χ3n) is 3.05. The number of amides is 1. The van der Waals surface area contributed by atoms with E-state index in [1.807, 2.05) is 0 Å². The molecular weight excluding hydrogens is 316 g/mol. The summed E-state index contributed by atoms with van der Waals surface area (Å²) in [6, 6.07) is 2.95. The van der Waals surface area contributed by atoms with Gasteiger partial charge in [0.25, 0.3) is 5.91 Å². The van der Waals surface area contributed by atoms with Crippen LogP contribution in [0.5, 0.6) is 5.75 Å². The van der Waals surface area contributed by atoms with E-state index in [0.29, 0.717) is 22.1 Å². The standard InChI is InChI=1S/C13H17ClN2O4S/c1-3-21(18,19)7-8(2)15-10-5-12-11(4-9(10)14)16-13(17)6-20-12/h4-5,8,15H,3,6-7H2,1-2H3,(H,16,17). The highest BCUT2D eigenvalue weighted by Crippen LogP contribution is 2.36. The molecule has 0 aromatic heterocycles. The van der Waals surface area contributed by atoms with Gasteiger partial charge in [-0.15, -0.1) is 0 Å². The Hall–Kier alpha value is -1.47. The number of halogens is 1. The minimum absolute atomic E-state index is 0.0223. The van der Waals surface area contributed by atoms with Crippen LogP contribution in [-0.2, 0) is 14.6 Å². The molecule has 1 aliphatic heterocycles. The largest absolute Gasteiger partial charge is 0.482 e. The Balaban J connectivity index is 2.16. The summed E-state index contributed by atoms with van der Waals surface area (Å²) in [6.07, 6.45) is 0. The van der Waals surface area contributed by atoms with Gasteiger partial charge in [0.1, 0.15) is 5.75 Å². The Morgan fingerprint density at radius 2 is 2.19 bits per heavy atom. The van der Waals surface area contributed by atoms with Crippen molar-refractivity contribution in [2.24, 2.45) is 0 Å². The molecule has 0 aliphatic carbocycles. The number of carbonyl (C=O) groups is 1. The molecule has 116 valence electrons. The van der Waals surface area contributed by atoms with Crippen LogP contribution in [0, 0.1) is 0 Å². The number of benzene rings is 1. The summed E-state index contributed by atoms with van der Waals surface area (Å²) >= 11 is 6.14. The van der Waals surface area contributed by atoms with E-state index in [2.05, 4.69) is 10.6 Å². The summed E-state index contributed by atoms with van der Waals surface area (Å²) in [5.74, 6) is 0.398. The highest BCUT2D eigenvalue weighted by molar-refractivity contribution is 7.91. The molecule has 0 bridgehead atoms. The fourth-order valence-electron chi connectivity index (χ4n) is 2.02. The summed E-state index contributed by atoms with van der Waals surface area (Å²) in [5.41, 5.74) is 1.08. The van der Waals surface area contributed by atoms with Gasteiger partial charge in [0.15, 0.2) is 16.4 Å². The first-order valence-electron chi connectivity index (χ1n) is 6.54. The number of sulfone groups is 1. The molecule has 0 saturated heterocycles. The molecule has 1 aliphatic rings. The summed E-state index contributed by atoms with van der Waals surface area (Å²) in [6.45, 7) is 3.34. The van der Waals surface area contributed by atoms with Crippen LogP contribution in [-0.4, -0.2) is 38.5 Å². The molecule has 21 heavy (non-hydrogen) atoms. The van der Waals surface area contributed by atoms with Gasteiger partial charge in [-0.3, -0.25) is 4.79 Å². The van der Waals surface area contributed by atoms with E-state index in [1.54, 1.807) is 26.0 Å². The molecule has 1 heterocycles. The number of hydrogen-bond acceptors (Lipinski definition) is 5. The van der Waals surface area contributed by atoms with Gasteiger partial charge in [-0.1, -0.05) is 18.5 Å². The van der Waals surface area contributed by atoms with E-state index in [9.17, 15) is 13.2 Å². The lowest BCUT2D eigenvalue weighted by molar-refractivity contribution is -0.118. The van der Waals surface area contributed by atoms with E-state index >= 15 is 0 Å². The molecular formula is C13H17ClN2O4S. The molecule has 2 N–H and O–H groups in total. The van der Waals surface area contributed by atoms with E-state index < -0.39 is 9.84 Å². The Labute approximate surface area is 128 Å². The SMILES string of the molecule is CCS(=O)(=O)CC(C)Nc1cc2c(cc1Cl)NC(=O)CO2. The van der Waals surface area contributed by atoms with Crippen LogP contribution >= 0.6 is 11.6 Å². The van der Waals surface area contributed by atoms with Crippen molar-refractivity contribution in [3.8, 4) is 5.75 Å². The zero-order valence-corrected chi connectivity index (χ0v) is 13.3. The van der Waals surface area contributed by atoms with Crippen LogP contribution in [0.3, 0.4) is 0 Å². The predicted octanol–water partition coefficient (Wildman–Crippen LogP) is 1.91. The summed E-state index contributed by atoms with van der Waals surface area (Å²) in [5, 5.41) is 6.10. The van der Waals surface area contributed by atoms with E-state index in [4.69, 9.17) is 16.3 Å². The molecule has 1 aromatic carbocycles. The van der Waals surface area contributed by atoms with Gasteiger partial charge in [0.2, 0.25) is 0 Å². The summed E-state index contributed by atoms with van der Waals surface area (Å²) < 4.78 is 28.5. The maximum absolute atomic E-state index is 11.6. The van der Waals surface area contributed by atoms with Crippen molar-refractivity contribution in [3.05, 3.63) is 17.2 Å². The lowest BCUT2D eigenvalue weighted by atomic mass is 10.2. The molecule has 1 atom stereocenters. The maximum atomic E-state index is 11.6. The van der Waals surface area contributed by atoms with Gasteiger partial charge < -0.3 is 15.4 Å². The highest BCUT2D eigenvalue weighted by Gasteiger charge is 2.20. The second-order valence-electron chi connectivity index (χ2n) is 4.91. The highest BCUT2D eigenvalue weighted by atomic mass is 35.5. The van der Waals surface area contributed by atoms with Gasteiger partial charge >= 0.3 is 0 Å². The molecule has 6 nitrogen and oxygen atoms in total. The van der Waals surface area contributed by atoms with Gasteiger partial charge in [-0.25, -0.2) is 8.42 Å². The number of carbonyl (C=O) groups excluding carboxylic acids is 1. The topological polar surface area (TPSA) is 84.5 Å². The number of rotatable bonds is 5. The van der Waals surface area contributed by atoms with Crippen molar-refractivity contribution in [2.45, 2.75) is 19.9 Å². The van der Waals surface area contributed by atoms with Crippen LogP contribution in [0.25, 0.3) is 0 Å². The first kappa shape index (κ1) is 15.9. The van der Waals surface area contributed by atoms with Crippen molar-refractivity contribution in [1.82, 2.24) is 0 Å². The number of anilines is 2. The summed E-state index contributed by atoms with van der Waals surface area (Å²) in [4.78, 5) is 11.2. The molecule has 1 unspecified atom stereocenters. The molecule has 2 rings (SSSR count). The van der Waals surface area contributed by atoms with Gasteiger partial charge in [0.05, 0.1) is 22.2 Å². The van der Waals surface area contributed by atoms with Gasteiger partial charge in [-0.05, 0) is 13.0 Å². The van der Waals surface area contributed by atoms with Crippen LogP contribution in [0.4, 0.5) is 11.4 Å². The third-order valence-corrected chi connectivity index (χ3v) is 5.25. The fraction of sp³-hybridized carbons (Fsp3) is 0.462. The molecule has 0 spiro atoms. The Bertz CT molecular complexity index is 660. The molecule has 0 saturated carbocycles. The molecule has 8 heteroatoms. The average molecular weight is 333 g/mol. The van der Waals surface area contributed by atoms with Crippen molar-refractivity contribution >= 4 is 38.7 Å². The second-order valence-corrected chi connectivity index (χ2v) is 7.71. The van der Waals surface area contributed by atoms with Gasteiger partial charge in [0, 0.05) is 17.9 Å². The molecule has 1 amide bonds. The Morgan fingerprint density at radius 1 is 1.48 bits per heavy atom. The predicted molar refractivity (Wildman–Crippen MR) is 83.0 cm³/mol. The average Bonchev–Trinajstić information content (AvgIpc) is 2.39. The van der Waals surface area contributed by atoms with Gasteiger partial charge in [-0.2, -0.15) is 0 Å². The Morgan fingerprint density at radius 3 is 2.86 bits per heavy atom. The minimum Gasteiger partial charge on any atom is -0.482 e. The summed E-state index contributed by atoms with van der Waals surface area (Å²) in [7, 11) is -3.07. The normalized spacial score (nSPS) is 15.7. The molecule has 0 fully saturated rings. The van der Waals surface area contributed by atoms with E-state index in [-0.39, 0.29) is 30.1 Å². The maximum Gasteiger partial charge on any atom is 0.262 e. The number of hydrogen-bond donors (Lipinski definition) is 2. The Kier molecular flexibility index (Phi) is 4.63. The second kappa shape index (κ2) is 6.11. The van der Waals surface area contributed by atoms with Crippen LogP contribution in [0.2, 0.25) is 5.02 Å². The van der Waals surface area contributed by atoms with Crippen molar-refractivity contribution in [2.75, 3.05) is 28.7 Å². The molecule has 0 radical (unpaired) electrons. The quantitative estimate of drug-likeness (QED) is 0.860. The smallest absolute Gasteiger partial charge is 0.262 e. The lowest BCUT2D eigenvalue weighted by Gasteiger charge is -2.21. The first-order chi connectivity index (χ1) is 9.80. The van der Waals surface area contributed by atoms with Crippen molar-refractivity contribution in [1.29, 1.82) is 0 Å². The number of ether oxygens (including phenoxy) is 1.